The Labute approximate surface area is 213 Å². The van der Waals surface area contributed by atoms with Crippen molar-refractivity contribution in [2.75, 3.05) is 13.7 Å². The molecule has 4 aromatic rings. The van der Waals surface area contributed by atoms with Gasteiger partial charge in [0.2, 0.25) is 0 Å². The molecule has 1 N–H and O–H groups in total. The van der Waals surface area contributed by atoms with Gasteiger partial charge in [-0.25, -0.2) is 14.3 Å². The number of nitrogens with zero attached hydrogens (tertiary/aromatic N) is 3. The van der Waals surface area contributed by atoms with Crippen molar-refractivity contribution in [1.29, 1.82) is 0 Å². The second-order valence-corrected chi connectivity index (χ2v) is 9.06. The van der Waals surface area contributed by atoms with Crippen LogP contribution in [-0.2, 0) is 17.8 Å². The Hall–Kier alpha value is -3.13. The average Bonchev–Trinajstić information content (AvgIpc) is 3.19. The Morgan fingerprint density at radius 1 is 1.11 bits per heavy atom. The molecule has 35 heavy (non-hydrogen) atoms. The third kappa shape index (κ3) is 5.27. The number of fused-ring (bicyclic) bond motifs is 1. The summed E-state index contributed by atoms with van der Waals surface area (Å²) in [5.41, 5.74) is 5.42. The highest BCUT2D eigenvalue weighted by Crippen LogP contribution is 2.31. The molecule has 0 saturated carbocycles. The molecule has 2 aromatic heterocycles. The van der Waals surface area contributed by atoms with Crippen LogP contribution in [0.5, 0.6) is 5.75 Å². The molecular formula is C26H25Cl2N3O4. The van der Waals surface area contributed by atoms with E-state index in [1.807, 2.05) is 38.1 Å². The van der Waals surface area contributed by atoms with Gasteiger partial charge in [-0.2, -0.15) is 5.10 Å². The monoisotopic (exact) mass is 513 g/mol. The Balaban J connectivity index is 1.66. The number of aromatic carboxylic acids is 1. The van der Waals surface area contributed by atoms with Crippen LogP contribution in [0.15, 0.2) is 42.6 Å². The molecule has 2 heterocycles. The highest BCUT2D eigenvalue weighted by molar-refractivity contribution is 6.32. The minimum Gasteiger partial charge on any atom is -0.494 e. The fraction of sp³-hybridized carbons (Fsp3) is 0.269. The summed E-state index contributed by atoms with van der Waals surface area (Å²) < 4.78 is 12.9. The van der Waals surface area contributed by atoms with Gasteiger partial charge in [0, 0.05) is 23.4 Å². The molecule has 2 aromatic carbocycles. The van der Waals surface area contributed by atoms with E-state index in [1.54, 1.807) is 23.8 Å². The van der Waals surface area contributed by atoms with E-state index in [0.717, 1.165) is 33.0 Å². The van der Waals surface area contributed by atoms with Gasteiger partial charge in [-0.1, -0.05) is 35.3 Å². The van der Waals surface area contributed by atoms with Gasteiger partial charge >= 0.3 is 5.97 Å². The van der Waals surface area contributed by atoms with Gasteiger partial charge in [0.1, 0.15) is 5.75 Å². The highest BCUT2D eigenvalue weighted by atomic mass is 35.5. The van der Waals surface area contributed by atoms with Crippen LogP contribution in [0.4, 0.5) is 0 Å². The summed E-state index contributed by atoms with van der Waals surface area (Å²) in [6, 6.07) is 11.1. The number of carboxylic acid groups (broad SMARTS) is 1. The topological polar surface area (TPSA) is 86.0 Å². The van der Waals surface area contributed by atoms with Gasteiger partial charge in [0.05, 0.1) is 35.7 Å². The van der Waals surface area contributed by atoms with E-state index in [2.05, 4.69) is 4.98 Å². The lowest BCUT2D eigenvalue weighted by Crippen LogP contribution is -2.12. The predicted octanol–water partition coefficient (Wildman–Crippen LogP) is 6.18. The molecule has 0 unspecified atom stereocenters. The molecule has 7 nitrogen and oxygen atoms in total. The van der Waals surface area contributed by atoms with Crippen molar-refractivity contribution in [3.63, 3.8) is 0 Å². The van der Waals surface area contributed by atoms with E-state index in [9.17, 15) is 9.90 Å². The third-order valence-corrected chi connectivity index (χ3v) is 6.55. The first-order chi connectivity index (χ1) is 16.8. The SMILES string of the molecule is COCc1nn2c(CCCOc3cc(C)c(Cl)c(C)c3)c(C(=O)O)cnc2c1-c1ccc(Cl)cc1. The minimum absolute atomic E-state index is 0.102. The molecule has 0 fully saturated rings. The first-order valence-electron chi connectivity index (χ1n) is 11.1. The van der Waals surface area contributed by atoms with Crippen molar-refractivity contribution >= 4 is 34.8 Å². The van der Waals surface area contributed by atoms with Crippen molar-refractivity contribution in [2.45, 2.75) is 33.3 Å². The lowest BCUT2D eigenvalue weighted by atomic mass is 10.1. The van der Waals surface area contributed by atoms with Gasteiger partial charge in [0.15, 0.2) is 5.65 Å². The maximum absolute atomic E-state index is 12.0. The first kappa shape index (κ1) is 25.0. The minimum atomic E-state index is -1.06. The number of hydrogen-bond donors (Lipinski definition) is 1. The smallest absolute Gasteiger partial charge is 0.339 e. The summed E-state index contributed by atoms with van der Waals surface area (Å²) >= 11 is 12.3. The molecule has 0 aliphatic rings. The van der Waals surface area contributed by atoms with Gasteiger partial charge in [-0.05, 0) is 67.6 Å². The molecule has 4 rings (SSSR count). The number of halogens is 2. The molecule has 0 radical (unpaired) electrons. The zero-order valence-electron chi connectivity index (χ0n) is 19.6. The largest absolute Gasteiger partial charge is 0.494 e. The van der Waals surface area contributed by atoms with Crippen LogP contribution >= 0.6 is 23.2 Å². The van der Waals surface area contributed by atoms with Crippen molar-refractivity contribution in [3.05, 3.63) is 80.7 Å². The van der Waals surface area contributed by atoms with Crippen molar-refractivity contribution in [1.82, 2.24) is 14.6 Å². The molecule has 0 aliphatic carbocycles. The summed E-state index contributed by atoms with van der Waals surface area (Å²) in [6.45, 7) is 4.52. The summed E-state index contributed by atoms with van der Waals surface area (Å²) in [6.07, 6.45) is 2.40. The molecule has 0 spiro atoms. The number of aromatic nitrogens is 3. The molecule has 0 bridgehead atoms. The molecule has 0 aliphatic heterocycles. The first-order valence-corrected chi connectivity index (χ1v) is 11.8. The molecule has 182 valence electrons. The quantitative estimate of drug-likeness (QED) is 0.269. The van der Waals surface area contributed by atoms with Crippen LogP contribution in [0.25, 0.3) is 16.8 Å². The number of carboxylic acids is 1. The zero-order chi connectivity index (χ0) is 25.1. The maximum atomic E-state index is 12.0. The molecule has 9 heteroatoms. The van der Waals surface area contributed by atoms with Gasteiger partial charge in [-0.15, -0.1) is 0 Å². The maximum Gasteiger partial charge on any atom is 0.339 e. The Morgan fingerprint density at radius 3 is 2.43 bits per heavy atom. The van der Waals surface area contributed by atoms with E-state index in [1.165, 1.54) is 6.20 Å². The number of aryl methyl sites for hydroxylation is 3. The Kier molecular flexibility index (Phi) is 7.60. The predicted molar refractivity (Wildman–Crippen MR) is 136 cm³/mol. The van der Waals surface area contributed by atoms with Crippen molar-refractivity contribution < 1.29 is 19.4 Å². The fourth-order valence-electron chi connectivity index (χ4n) is 4.06. The average molecular weight is 514 g/mol. The van der Waals surface area contributed by atoms with E-state index in [4.69, 9.17) is 37.8 Å². The van der Waals surface area contributed by atoms with Gasteiger partial charge in [-0.3, -0.25) is 0 Å². The van der Waals surface area contributed by atoms with Gasteiger partial charge < -0.3 is 14.6 Å². The molecule has 0 saturated heterocycles. The summed E-state index contributed by atoms with van der Waals surface area (Å²) in [4.78, 5) is 16.4. The fourth-order valence-corrected chi connectivity index (χ4v) is 4.30. The van der Waals surface area contributed by atoms with E-state index in [-0.39, 0.29) is 12.2 Å². The summed E-state index contributed by atoms with van der Waals surface area (Å²) in [5, 5.41) is 15.8. The molecule has 0 atom stereocenters. The van der Waals surface area contributed by atoms with Crippen LogP contribution in [0.1, 0.15) is 39.3 Å². The summed E-state index contributed by atoms with van der Waals surface area (Å²) in [5.74, 6) is -0.328. The standard InChI is InChI=1S/C26H25Cl2N3O4/c1-15-11-19(12-16(2)24(15)28)35-10-4-5-22-20(26(32)33)13-29-25-23(17-6-8-18(27)9-7-17)21(14-34-3)30-31(22)25/h6-9,11-13H,4-5,10,14H2,1-3H3,(H,32,33). The zero-order valence-corrected chi connectivity index (χ0v) is 21.2. The van der Waals surface area contributed by atoms with Crippen molar-refractivity contribution in [2.24, 2.45) is 0 Å². The van der Waals surface area contributed by atoms with Crippen LogP contribution in [0, 0.1) is 13.8 Å². The van der Waals surface area contributed by atoms with Crippen LogP contribution in [0.3, 0.4) is 0 Å². The summed E-state index contributed by atoms with van der Waals surface area (Å²) in [7, 11) is 1.59. The number of rotatable bonds is 9. The number of hydrogen-bond acceptors (Lipinski definition) is 5. The number of benzene rings is 2. The van der Waals surface area contributed by atoms with E-state index >= 15 is 0 Å². The number of ether oxygens (including phenoxy) is 2. The van der Waals surface area contributed by atoms with Gasteiger partial charge in [0.25, 0.3) is 0 Å². The Morgan fingerprint density at radius 2 is 1.80 bits per heavy atom. The van der Waals surface area contributed by atoms with Crippen molar-refractivity contribution in [3.8, 4) is 16.9 Å². The second-order valence-electron chi connectivity index (χ2n) is 8.24. The highest BCUT2D eigenvalue weighted by Gasteiger charge is 2.22. The lowest BCUT2D eigenvalue weighted by Gasteiger charge is -2.11. The normalized spacial score (nSPS) is 11.2. The van der Waals surface area contributed by atoms with E-state index in [0.29, 0.717) is 41.5 Å². The molecular weight excluding hydrogens is 489 g/mol. The Bertz CT molecular complexity index is 1360. The number of methoxy groups -OCH3 is 1. The van der Waals surface area contributed by atoms with E-state index < -0.39 is 5.97 Å². The molecule has 0 amide bonds. The van der Waals surface area contributed by atoms with Crippen LogP contribution in [-0.4, -0.2) is 39.4 Å². The number of carbonyl (C=O) groups is 1. The lowest BCUT2D eigenvalue weighted by molar-refractivity contribution is 0.0694. The second kappa shape index (κ2) is 10.6. The van der Waals surface area contributed by atoms with Crippen LogP contribution < -0.4 is 4.74 Å². The third-order valence-electron chi connectivity index (χ3n) is 5.70. The van der Waals surface area contributed by atoms with Crippen LogP contribution in [0.2, 0.25) is 10.0 Å².